The fourth-order valence-corrected chi connectivity index (χ4v) is 4.05. The number of fused-ring (bicyclic) bond motifs is 1. The maximum Gasteiger partial charge on any atom is 0.261 e. The lowest BCUT2D eigenvalue weighted by Gasteiger charge is -2.04. The highest BCUT2D eigenvalue weighted by molar-refractivity contribution is 7.20. The Bertz CT molecular complexity index is 1040. The Labute approximate surface area is 156 Å². The van der Waals surface area contributed by atoms with Crippen molar-refractivity contribution in [1.82, 2.24) is 15.1 Å². The maximum absolute atomic E-state index is 12.5. The molecule has 0 spiro atoms. The average Bonchev–Trinajstić information content (AvgIpc) is 3.24. The quantitative estimate of drug-likeness (QED) is 0.574. The van der Waals surface area contributed by atoms with Gasteiger partial charge in [-0.15, -0.1) is 11.3 Å². The molecule has 0 bridgehead atoms. The van der Waals surface area contributed by atoms with E-state index in [2.05, 4.69) is 22.5 Å². The number of carbonyl (C=O) groups excluding carboxylic acids is 1. The van der Waals surface area contributed by atoms with Crippen LogP contribution in [0.2, 0.25) is 0 Å². The molecule has 2 aromatic heterocycles. The number of hydrogen-bond donors (Lipinski definition) is 1. The molecule has 0 aliphatic rings. The first-order chi connectivity index (χ1) is 12.7. The van der Waals surface area contributed by atoms with Gasteiger partial charge in [-0.1, -0.05) is 48.5 Å². The zero-order chi connectivity index (χ0) is 17.9. The van der Waals surface area contributed by atoms with Crippen LogP contribution >= 0.6 is 11.3 Å². The summed E-state index contributed by atoms with van der Waals surface area (Å²) in [5, 5.41) is 8.67. The number of rotatable bonds is 5. The number of nitrogens with one attached hydrogen (secondary N) is 1. The van der Waals surface area contributed by atoms with Crippen LogP contribution in [0, 0.1) is 6.92 Å². The highest BCUT2D eigenvalue weighted by Crippen LogP contribution is 2.30. The zero-order valence-corrected chi connectivity index (χ0v) is 15.3. The Balaban J connectivity index is 1.53. The van der Waals surface area contributed by atoms with Gasteiger partial charge in [-0.05, 0) is 37.1 Å². The van der Waals surface area contributed by atoms with Crippen molar-refractivity contribution in [1.29, 1.82) is 0 Å². The van der Waals surface area contributed by atoms with Crippen LogP contribution in [0.4, 0.5) is 0 Å². The molecule has 0 fully saturated rings. The summed E-state index contributed by atoms with van der Waals surface area (Å²) in [6.07, 6.45) is 0.828. The summed E-state index contributed by atoms with van der Waals surface area (Å²) in [5.74, 6) is -0.0267. The van der Waals surface area contributed by atoms with Gasteiger partial charge >= 0.3 is 0 Å². The van der Waals surface area contributed by atoms with E-state index in [1.807, 2.05) is 66.2 Å². The van der Waals surface area contributed by atoms with Gasteiger partial charge in [-0.3, -0.25) is 4.79 Å². The van der Waals surface area contributed by atoms with Gasteiger partial charge in [0.05, 0.1) is 16.3 Å². The van der Waals surface area contributed by atoms with E-state index in [0.717, 1.165) is 32.9 Å². The maximum atomic E-state index is 12.5. The smallest absolute Gasteiger partial charge is 0.261 e. The summed E-state index contributed by atoms with van der Waals surface area (Å²) < 4.78 is 1.91. The minimum atomic E-state index is -0.0267. The Kier molecular flexibility index (Phi) is 4.54. The molecule has 1 amide bonds. The van der Waals surface area contributed by atoms with Crippen LogP contribution in [0.3, 0.4) is 0 Å². The van der Waals surface area contributed by atoms with Gasteiger partial charge in [0, 0.05) is 11.9 Å². The van der Waals surface area contributed by atoms with Crippen LogP contribution in [0.5, 0.6) is 0 Å². The first-order valence-corrected chi connectivity index (χ1v) is 9.41. The summed E-state index contributed by atoms with van der Waals surface area (Å²) in [6.45, 7) is 2.60. The van der Waals surface area contributed by atoms with Crippen LogP contribution in [-0.2, 0) is 6.42 Å². The fourth-order valence-electron chi connectivity index (χ4n) is 2.96. The van der Waals surface area contributed by atoms with Crippen LogP contribution in [-0.4, -0.2) is 22.2 Å². The number of thiophene rings is 1. The topological polar surface area (TPSA) is 46.9 Å². The molecule has 2 aromatic carbocycles. The van der Waals surface area contributed by atoms with Gasteiger partial charge in [0.25, 0.3) is 5.91 Å². The number of aromatic nitrogens is 2. The lowest BCUT2D eigenvalue weighted by atomic mass is 10.1. The molecule has 0 radical (unpaired) electrons. The van der Waals surface area contributed by atoms with Gasteiger partial charge in [0.15, 0.2) is 0 Å². The summed E-state index contributed by atoms with van der Waals surface area (Å²) in [6, 6.07) is 22.1. The van der Waals surface area contributed by atoms with E-state index in [-0.39, 0.29) is 5.91 Å². The van der Waals surface area contributed by atoms with E-state index in [9.17, 15) is 4.79 Å². The Morgan fingerprint density at radius 1 is 1.08 bits per heavy atom. The van der Waals surface area contributed by atoms with Gasteiger partial charge in [-0.25, -0.2) is 4.68 Å². The Morgan fingerprint density at radius 3 is 2.50 bits per heavy atom. The van der Waals surface area contributed by atoms with Crippen molar-refractivity contribution < 1.29 is 4.79 Å². The van der Waals surface area contributed by atoms with Gasteiger partial charge in [-0.2, -0.15) is 5.10 Å². The van der Waals surface area contributed by atoms with Crippen molar-refractivity contribution in [3.63, 3.8) is 0 Å². The van der Waals surface area contributed by atoms with Gasteiger partial charge < -0.3 is 5.32 Å². The SMILES string of the molecule is Cc1nn(-c2ccccc2)c2sc(C(=O)NCCc3ccccc3)cc12. The van der Waals surface area contributed by atoms with Crippen molar-refractivity contribution in [3.8, 4) is 5.69 Å². The van der Waals surface area contributed by atoms with Crippen LogP contribution < -0.4 is 5.32 Å². The van der Waals surface area contributed by atoms with E-state index in [1.54, 1.807) is 0 Å². The minimum absolute atomic E-state index is 0.0267. The molecule has 4 rings (SSSR count). The van der Waals surface area contributed by atoms with Crippen LogP contribution in [0.1, 0.15) is 20.9 Å². The largest absolute Gasteiger partial charge is 0.351 e. The highest BCUT2D eigenvalue weighted by Gasteiger charge is 2.16. The van der Waals surface area contributed by atoms with E-state index in [0.29, 0.717) is 6.54 Å². The molecule has 0 aliphatic carbocycles. The molecule has 0 saturated heterocycles. The summed E-state index contributed by atoms with van der Waals surface area (Å²) in [5.41, 5.74) is 3.16. The number of aryl methyl sites for hydroxylation is 1. The molecule has 0 aliphatic heterocycles. The standard InChI is InChI=1S/C21H19N3OS/c1-15-18-14-19(20(25)22-13-12-16-8-4-2-5-9-16)26-21(18)24(23-15)17-10-6-3-7-11-17/h2-11,14H,12-13H2,1H3,(H,22,25). The summed E-state index contributed by atoms with van der Waals surface area (Å²) >= 11 is 1.48. The van der Waals surface area contributed by atoms with Crippen LogP contribution in [0.15, 0.2) is 66.7 Å². The molecule has 1 N–H and O–H groups in total. The van der Waals surface area contributed by atoms with Crippen molar-refractivity contribution in [2.75, 3.05) is 6.54 Å². The predicted molar refractivity (Wildman–Crippen MR) is 106 cm³/mol. The number of para-hydroxylation sites is 1. The summed E-state index contributed by atoms with van der Waals surface area (Å²) in [4.78, 5) is 14.3. The lowest BCUT2D eigenvalue weighted by Crippen LogP contribution is -2.24. The molecule has 5 heteroatoms. The predicted octanol–water partition coefficient (Wildman–Crippen LogP) is 4.37. The third kappa shape index (κ3) is 3.26. The van der Waals surface area contributed by atoms with Gasteiger partial charge in [0.1, 0.15) is 4.83 Å². The molecular formula is C21H19N3OS. The molecular weight excluding hydrogens is 342 g/mol. The molecule has 0 unspecified atom stereocenters. The minimum Gasteiger partial charge on any atom is -0.351 e. The number of carbonyl (C=O) groups is 1. The van der Waals surface area contributed by atoms with E-state index < -0.39 is 0 Å². The average molecular weight is 361 g/mol. The van der Waals surface area contributed by atoms with Crippen LogP contribution in [0.25, 0.3) is 15.9 Å². The molecule has 4 aromatic rings. The Hall–Kier alpha value is -2.92. The van der Waals surface area contributed by atoms with Crippen molar-refractivity contribution >= 4 is 27.5 Å². The Morgan fingerprint density at radius 2 is 1.77 bits per heavy atom. The van der Waals surface area contributed by atoms with E-state index in [1.165, 1.54) is 16.9 Å². The molecule has 0 atom stereocenters. The van der Waals surface area contributed by atoms with Crippen molar-refractivity contribution in [2.24, 2.45) is 0 Å². The zero-order valence-electron chi connectivity index (χ0n) is 14.5. The third-order valence-corrected chi connectivity index (χ3v) is 5.42. The van der Waals surface area contributed by atoms with Crippen molar-refractivity contribution in [2.45, 2.75) is 13.3 Å². The van der Waals surface area contributed by atoms with E-state index >= 15 is 0 Å². The number of hydrogen-bond acceptors (Lipinski definition) is 3. The van der Waals surface area contributed by atoms with Gasteiger partial charge in [0.2, 0.25) is 0 Å². The molecule has 130 valence electrons. The van der Waals surface area contributed by atoms with E-state index in [4.69, 9.17) is 0 Å². The number of amides is 1. The second-order valence-electron chi connectivity index (χ2n) is 6.15. The highest BCUT2D eigenvalue weighted by atomic mass is 32.1. The first kappa shape index (κ1) is 16.5. The third-order valence-electron chi connectivity index (χ3n) is 4.31. The second-order valence-corrected chi connectivity index (χ2v) is 7.18. The molecule has 4 nitrogen and oxygen atoms in total. The second kappa shape index (κ2) is 7.14. The fraction of sp³-hybridized carbons (Fsp3) is 0.143. The number of nitrogens with zero attached hydrogens (tertiary/aromatic N) is 2. The molecule has 0 saturated carbocycles. The summed E-state index contributed by atoms with van der Waals surface area (Å²) in [7, 11) is 0. The number of benzene rings is 2. The normalized spacial score (nSPS) is 11.0. The van der Waals surface area contributed by atoms with Crippen molar-refractivity contribution in [3.05, 3.63) is 82.9 Å². The monoisotopic (exact) mass is 361 g/mol. The molecule has 26 heavy (non-hydrogen) atoms. The lowest BCUT2D eigenvalue weighted by molar-refractivity contribution is 0.0958. The molecule has 2 heterocycles. The first-order valence-electron chi connectivity index (χ1n) is 8.59.